The van der Waals surface area contributed by atoms with Crippen LogP contribution in [0.2, 0.25) is 0 Å². The third kappa shape index (κ3) is 5.08. The molecule has 2 N–H and O–H groups in total. The number of rotatable bonds is 5. The summed E-state index contributed by atoms with van der Waals surface area (Å²) >= 11 is 3.43. The fourth-order valence-electron chi connectivity index (χ4n) is 3.33. The van der Waals surface area contributed by atoms with Gasteiger partial charge in [-0.05, 0) is 73.4 Å². The van der Waals surface area contributed by atoms with Gasteiger partial charge in [0, 0.05) is 11.0 Å². The van der Waals surface area contributed by atoms with Crippen LogP contribution in [0.1, 0.15) is 48.1 Å². The molecular weight excluding hydrogens is 376 g/mol. The summed E-state index contributed by atoms with van der Waals surface area (Å²) in [7, 11) is 0. The molecule has 0 aliphatic heterocycles. The topological polar surface area (TPSA) is 41.1 Å². The molecule has 0 heterocycles. The number of hydrogen-bond acceptors (Lipinski definition) is 1. The van der Waals surface area contributed by atoms with Crippen molar-refractivity contribution in [3.63, 3.8) is 0 Å². The first kappa shape index (κ1) is 18.0. The van der Waals surface area contributed by atoms with Crippen LogP contribution < -0.4 is 10.6 Å². The van der Waals surface area contributed by atoms with Gasteiger partial charge in [0.25, 0.3) is 0 Å². The largest absolute Gasteiger partial charge is 0.338 e. The van der Waals surface area contributed by atoms with Crippen LogP contribution in [0.3, 0.4) is 0 Å². The molecule has 1 aliphatic carbocycles. The van der Waals surface area contributed by atoms with Crippen LogP contribution in [0, 0.1) is 0 Å². The highest BCUT2D eigenvalue weighted by molar-refractivity contribution is 9.10. The molecule has 132 valence electrons. The average molecular weight is 401 g/mol. The lowest BCUT2D eigenvalue weighted by atomic mass is 9.89. The number of carbonyl (C=O) groups is 1. The molecule has 25 heavy (non-hydrogen) atoms. The molecule has 3 rings (SSSR count). The van der Waals surface area contributed by atoms with E-state index >= 15 is 0 Å². The van der Waals surface area contributed by atoms with Gasteiger partial charge in [0.1, 0.15) is 0 Å². The van der Waals surface area contributed by atoms with Crippen molar-refractivity contribution in [1.82, 2.24) is 10.6 Å². The summed E-state index contributed by atoms with van der Waals surface area (Å²) in [6.45, 7) is 2.67. The molecule has 0 saturated carbocycles. The van der Waals surface area contributed by atoms with Gasteiger partial charge in [-0.1, -0.05) is 46.3 Å². The molecule has 4 heteroatoms. The Morgan fingerprint density at radius 1 is 1.08 bits per heavy atom. The van der Waals surface area contributed by atoms with E-state index in [2.05, 4.69) is 56.9 Å². The van der Waals surface area contributed by atoms with E-state index in [1.165, 1.54) is 41.5 Å². The van der Waals surface area contributed by atoms with Crippen molar-refractivity contribution in [2.75, 3.05) is 6.54 Å². The van der Waals surface area contributed by atoms with Crippen molar-refractivity contribution in [3.8, 4) is 0 Å². The summed E-state index contributed by atoms with van der Waals surface area (Å²) in [5.41, 5.74) is 5.32. The van der Waals surface area contributed by atoms with Crippen LogP contribution in [0.5, 0.6) is 0 Å². The number of benzene rings is 2. The van der Waals surface area contributed by atoms with E-state index in [0.29, 0.717) is 6.54 Å². The summed E-state index contributed by atoms with van der Waals surface area (Å²) in [5, 5.41) is 5.99. The molecule has 1 unspecified atom stereocenters. The van der Waals surface area contributed by atoms with Crippen molar-refractivity contribution >= 4 is 22.0 Å². The highest BCUT2D eigenvalue weighted by Crippen LogP contribution is 2.24. The summed E-state index contributed by atoms with van der Waals surface area (Å²) in [6.07, 6.45) is 5.74. The number of amides is 2. The van der Waals surface area contributed by atoms with Gasteiger partial charge in [0.05, 0.1) is 6.04 Å². The molecule has 3 nitrogen and oxygen atoms in total. The van der Waals surface area contributed by atoms with Gasteiger partial charge in [-0.15, -0.1) is 0 Å². The van der Waals surface area contributed by atoms with Crippen molar-refractivity contribution in [2.45, 2.75) is 45.1 Å². The van der Waals surface area contributed by atoms with E-state index in [1.807, 2.05) is 19.1 Å². The molecule has 1 aliphatic rings. The molecule has 2 amide bonds. The number of halogens is 1. The van der Waals surface area contributed by atoms with Crippen LogP contribution in [0.15, 0.2) is 46.9 Å². The molecule has 0 saturated heterocycles. The molecule has 1 atom stereocenters. The van der Waals surface area contributed by atoms with Gasteiger partial charge in [0.15, 0.2) is 0 Å². The van der Waals surface area contributed by atoms with Gasteiger partial charge in [-0.3, -0.25) is 0 Å². The molecule has 0 radical (unpaired) electrons. The third-order valence-electron chi connectivity index (χ3n) is 4.83. The number of aryl methyl sites for hydroxylation is 2. The minimum absolute atomic E-state index is 0.0138. The van der Waals surface area contributed by atoms with E-state index in [0.717, 1.165) is 17.3 Å². The average Bonchev–Trinajstić information content (AvgIpc) is 2.63. The maximum atomic E-state index is 12.1. The number of urea groups is 1. The quantitative estimate of drug-likeness (QED) is 0.733. The number of nitrogens with one attached hydrogen (secondary N) is 2. The normalized spacial score (nSPS) is 14.5. The van der Waals surface area contributed by atoms with Crippen LogP contribution in [0.25, 0.3) is 0 Å². The van der Waals surface area contributed by atoms with E-state index in [4.69, 9.17) is 0 Å². The Labute approximate surface area is 158 Å². The SMILES string of the molecule is CC(NC(=O)NCCc1ccc(Br)cc1)c1ccc2c(c1)CCCC2. The first-order valence-corrected chi connectivity index (χ1v) is 9.81. The van der Waals surface area contributed by atoms with Crippen LogP contribution in [-0.4, -0.2) is 12.6 Å². The Hall–Kier alpha value is -1.81. The van der Waals surface area contributed by atoms with Gasteiger partial charge in [-0.25, -0.2) is 4.79 Å². The van der Waals surface area contributed by atoms with Gasteiger partial charge in [0.2, 0.25) is 0 Å². The Morgan fingerprint density at radius 2 is 1.80 bits per heavy atom. The third-order valence-corrected chi connectivity index (χ3v) is 5.36. The lowest BCUT2D eigenvalue weighted by molar-refractivity contribution is 0.238. The first-order chi connectivity index (χ1) is 12.1. The van der Waals surface area contributed by atoms with Crippen molar-refractivity contribution in [1.29, 1.82) is 0 Å². The Morgan fingerprint density at radius 3 is 2.56 bits per heavy atom. The summed E-state index contributed by atoms with van der Waals surface area (Å²) in [4.78, 5) is 12.1. The Bertz CT molecular complexity index is 727. The van der Waals surface area contributed by atoms with Crippen molar-refractivity contribution in [2.24, 2.45) is 0 Å². The second-order valence-corrected chi connectivity index (χ2v) is 7.65. The minimum atomic E-state index is -0.109. The summed E-state index contributed by atoms with van der Waals surface area (Å²) in [5.74, 6) is 0. The Balaban J connectivity index is 1.48. The van der Waals surface area contributed by atoms with E-state index < -0.39 is 0 Å². The summed E-state index contributed by atoms with van der Waals surface area (Å²) in [6, 6.07) is 14.7. The van der Waals surface area contributed by atoms with Crippen LogP contribution in [-0.2, 0) is 19.3 Å². The lowest BCUT2D eigenvalue weighted by Crippen LogP contribution is -2.38. The second-order valence-electron chi connectivity index (χ2n) is 6.73. The zero-order valence-corrected chi connectivity index (χ0v) is 16.2. The highest BCUT2D eigenvalue weighted by atomic mass is 79.9. The number of fused-ring (bicyclic) bond motifs is 1. The van der Waals surface area contributed by atoms with Crippen LogP contribution in [0.4, 0.5) is 4.79 Å². The van der Waals surface area contributed by atoms with Crippen molar-refractivity contribution < 1.29 is 4.79 Å². The zero-order chi connectivity index (χ0) is 17.6. The van der Waals surface area contributed by atoms with E-state index in [1.54, 1.807) is 0 Å². The Kier molecular flexibility index (Phi) is 6.14. The first-order valence-electron chi connectivity index (χ1n) is 9.02. The van der Waals surface area contributed by atoms with Gasteiger partial charge < -0.3 is 10.6 Å². The highest BCUT2D eigenvalue weighted by Gasteiger charge is 2.13. The summed E-state index contributed by atoms with van der Waals surface area (Å²) < 4.78 is 1.07. The maximum Gasteiger partial charge on any atom is 0.315 e. The lowest BCUT2D eigenvalue weighted by Gasteiger charge is -2.20. The minimum Gasteiger partial charge on any atom is -0.338 e. The smallest absolute Gasteiger partial charge is 0.315 e. The molecule has 0 spiro atoms. The second kappa shape index (κ2) is 8.52. The number of hydrogen-bond donors (Lipinski definition) is 2. The standard InChI is InChI=1S/C21H25BrN2O/c1-15(18-9-8-17-4-2-3-5-19(17)14-18)24-21(25)23-13-12-16-6-10-20(22)11-7-16/h6-11,14-15H,2-5,12-13H2,1H3,(H2,23,24,25). The van der Waals surface area contributed by atoms with Gasteiger partial charge in [-0.2, -0.15) is 0 Å². The predicted molar refractivity (Wildman–Crippen MR) is 106 cm³/mol. The maximum absolute atomic E-state index is 12.1. The molecular formula is C21H25BrN2O. The van der Waals surface area contributed by atoms with E-state index in [9.17, 15) is 4.79 Å². The van der Waals surface area contributed by atoms with Crippen LogP contribution >= 0.6 is 15.9 Å². The van der Waals surface area contributed by atoms with Crippen molar-refractivity contribution in [3.05, 3.63) is 69.2 Å². The fraction of sp³-hybridized carbons (Fsp3) is 0.381. The zero-order valence-electron chi connectivity index (χ0n) is 14.6. The molecule has 2 aromatic carbocycles. The molecule has 2 aromatic rings. The molecule has 0 fully saturated rings. The van der Waals surface area contributed by atoms with Gasteiger partial charge >= 0.3 is 6.03 Å². The predicted octanol–water partition coefficient (Wildman–Crippen LogP) is 4.93. The molecule has 0 aromatic heterocycles. The monoisotopic (exact) mass is 400 g/mol. The van der Waals surface area contributed by atoms with E-state index in [-0.39, 0.29) is 12.1 Å². The molecule has 0 bridgehead atoms. The number of carbonyl (C=O) groups excluding carboxylic acids is 1. The fourth-order valence-corrected chi connectivity index (χ4v) is 3.59.